The van der Waals surface area contributed by atoms with Crippen molar-refractivity contribution in [3.8, 4) is 0 Å². The van der Waals surface area contributed by atoms with E-state index in [1.54, 1.807) is 6.07 Å². The minimum atomic E-state index is -0.0498. The van der Waals surface area contributed by atoms with E-state index < -0.39 is 0 Å². The van der Waals surface area contributed by atoms with E-state index in [1.165, 1.54) is 0 Å². The predicted molar refractivity (Wildman–Crippen MR) is 73.7 cm³/mol. The smallest absolute Gasteiger partial charge is 0.252 e. The maximum Gasteiger partial charge on any atom is 0.252 e. The van der Waals surface area contributed by atoms with Crippen LogP contribution in [0.25, 0.3) is 0 Å². The van der Waals surface area contributed by atoms with Crippen LogP contribution in [0.5, 0.6) is 0 Å². The van der Waals surface area contributed by atoms with E-state index in [2.05, 4.69) is 26.6 Å². The summed E-state index contributed by atoms with van der Waals surface area (Å²) in [6.07, 6.45) is 1.04. The fourth-order valence-electron chi connectivity index (χ4n) is 1.89. The molecule has 18 heavy (non-hydrogen) atoms. The lowest BCUT2D eigenvalue weighted by molar-refractivity contribution is 0.0239. The molecule has 0 aromatic heterocycles. The van der Waals surface area contributed by atoms with Gasteiger partial charge in [-0.3, -0.25) is 4.79 Å². The van der Waals surface area contributed by atoms with E-state index >= 15 is 0 Å². The van der Waals surface area contributed by atoms with Crippen LogP contribution in [0.3, 0.4) is 0 Å². The Balaban J connectivity index is 1.76. The normalized spacial score (nSPS) is 19.5. The molecule has 0 saturated carbocycles. The molecule has 4 nitrogen and oxygen atoms in total. The van der Waals surface area contributed by atoms with Gasteiger partial charge in [-0.1, -0.05) is 12.1 Å². The van der Waals surface area contributed by atoms with Crippen molar-refractivity contribution < 1.29 is 9.53 Å². The first-order chi connectivity index (χ1) is 8.77. The molecule has 1 aromatic rings. The van der Waals surface area contributed by atoms with Crippen LogP contribution in [-0.4, -0.2) is 38.3 Å². The molecule has 1 fully saturated rings. The van der Waals surface area contributed by atoms with Crippen LogP contribution in [0.2, 0.25) is 0 Å². The molecule has 1 aliphatic rings. The van der Waals surface area contributed by atoms with Gasteiger partial charge in [-0.2, -0.15) is 0 Å². The molecule has 1 heterocycles. The number of benzene rings is 1. The van der Waals surface area contributed by atoms with Crippen molar-refractivity contribution >= 4 is 21.8 Å². The molecule has 1 unspecified atom stereocenters. The summed E-state index contributed by atoms with van der Waals surface area (Å²) >= 11 is 3.37. The van der Waals surface area contributed by atoms with Crippen molar-refractivity contribution in [2.45, 2.75) is 12.5 Å². The lowest BCUT2D eigenvalue weighted by Crippen LogP contribution is -2.40. The van der Waals surface area contributed by atoms with Crippen LogP contribution in [0, 0.1) is 0 Å². The van der Waals surface area contributed by atoms with Gasteiger partial charge >= 0.3 is 0 Å². The Bertz CT molecular complexity index is 406. The van der Waals surface area contributed by atoms with E-state index in [0.717, 1.165) is 30.6 Å². The van der Waals surface area contributed by atoms with Crippen LogP contribution < -0.4 is 10.6 Å². The van der Waals surface area contributed by atoms with Crippen molar-refractivity contribution in [2.75, 3.05) is 26.2 Å². The van der Waals surface area contributed by atoms with Crippen molar-refractivity contribution in [3.63, 3.8) is 0 Å². The van der Waals surface area contributed by atoms with Crippen molar-refractivity contribution in [3.05, 3.63) is 34.3 Å². The summed E-state index contributed by atoms with van der Waals surface area (Å²) in [5.74, 6) is -0.0498. The Morgan fingerprint density at radius 2 is 2.33 bits per heavy atom. The zero-order chi connectivity index (χ0) is 12.8. The molecule has 0 radical (unpaired) electrons. The molecule has 1 saturated heterocycles. The fraction of sp³-hybridized carbons (Fsp3) is 0.462. The van der Waals surface area contributed by atoms with Crippen LogP contribution in [-0.2, 0) is 4.74 Å². The lowest BCUT2D eigenvalue weighted by Gasteiger charge is -2.23. The van der Waals surface area contributed by atoms with E-state index in [0.29, 0.717) is 12.1 Å². The molecule has 2 N–H and O–H groups in total. The highest BCUT2D eigenvalue weighted by Crippen LogP contribution is 2.15. The number of hydrogen-bond donors (Lipinski definition) is 2. The number of rotatable bonds is 4. The van der Waals surface area contributed by atoms with Crippen molar-refractivity contribution in [2.24, 2.45) is 0 Å². The first-order valence-electron chi connectivity index (χ1n) is 6.12. The van der Waals surface area contributed by atoms with Gasteiger partial charge in [0.1, 0.15) is 0 Å². The second-order valence-corrected chi connectivity index (χ2v) is 5.08. The molecule has 0 aliphatic carbocycles. The molecular weight excluding hydrogens is 296 g/mol. The first-order valence-corrected chi connectivity index (χ1v) is 6.91. The summed E-state index contributed by atoms with van der Waals surface area (Å²) in [4.78, 5) is 11.9. The van der Waals surface area contributed by atoms with E-state index in [1.807, 2.05) is 18.2 Å². The molecule has 5 heteroatoms. The van der Waals surface area contributed by atoms with E-state index in [4.69, 9.17) is 4.74 Å². The third-order valence-electron chi connectivity index (χ3n) is 2.87. The Kier molecular flexibility index (Phi) is 5.16. The van der Waals surface area contributed by atoms with E-state index in [-0.39, 0.29) is 12.0 Å². The van der Waals surface area contributed by atoms with Gasteiger partial charge in [-0.05, 0) is 34.5 Å². The first kappa shape index (κ1) is 13.5. The number of halogens is 1. The minimum absolute atomic E-state index is 0.0498. The summed E-state index contributed by atoms with van der Waals surface area (Å²) in [7, 11) is 0. The number of carbonyl (C=O) groups is 1. The minimum Gasteiger partial charge on any atom is -0.376 e. The molecule has 0 spiro atoms. The van der Waals surface area contributed by atoms with Crippen LogP contribution in [0.15, 0.2) is 28.7 Å². The topological polar surface area (TPSA) is 50.4 Å². The van der Waals surface area contributed by atoms with E-state index in [9.17, 15) is 4.79 Å². The monoisotopic (exact) mass is 312 g/mol. The van der Waals surface area contributed by atoms with Crippen LogP contribution in [0.4, 0.5) is 0 Å². The summed E-state index contributed by atoms with van der Waals surface area (Å²) in [6, 6.07) is 7.41. The third kappa shape index (κ3) is 3.80. The SMILES string of the molecule is O=C(NCCC1CNCCO1)c1ccccc1Br. The highest BCUT2D eigenvalue weighted by atomic mass is 79.9. The van der Waals surface area contributed by atoms with Crippen molar-refractivity contribution in [1.82, 2.24) is 10.6 Å². The third-order valence-corrected chi connectivity index (χ3v) is 3.57. The molecule has 1 aliphatic heterocycles. The Morgan fingerprint density at radius 3 is 3.06 bits per heavy atom. The predicted octanol–water partition coefficient (Wildman–Crippen LogP) is 1.56. The molecule has 1 aromatic carbocycles. The quantitative estimate of drug-likeness (QED) is 0.887. The molecule has 1 atom stereocenters. The zero-order valence-corrected chi connectivity index (χ0v) is 11.7. The summed E-state index contributed by atoms with van der Waals surface area (Å²) in [6.45, 7) is 3.17. The zero-order valence-electron chi connectivity index (χ0n) is 10.1. The average molecular weight is 313 g/mol. The largest absolute Gasteiger partial charge is 0.376 e. The highest BCUT2D eigenvalue weighted by molar-refractivity contribution is 9.10. The highest BCUT2D eigenvalue weighted by Gasteiger charge is 2.14. The average Bonchev–Trinajstić information content (AvgIpc) is 2.40. The van der Waals surface area contributed by atoms with Gasteiger partial charge in [-0.15, -0.1) is 0 Å². The fourth-order valence-corrected chi connectivity index (χ4v) is 2.36. The number of carbonyl (C=O) groups excluding carboxylic acids is 1. The van der Waals surface area contributed by atoms with Crippen LogP contribution in [0.1, 0.15) is 16.8 Å². The Hall–Kier alpha value is -0.910. The maximum atomic E-state index is 11.9. The number of hydrogen-bond acceptors (Lipinski definition) is 3. The summed E-state index contributed by atoms with van der Waals surface area (Å²) < 4.78 is 6.38. The second-order valence-electron chi connectivity index (χ2n) is 4.22. The van der Waals surface area contributed by atoms with Gasteiger partial charge in [0.2, 0.25) is 0 Å². The number of morpholine rings is 1. The van der Waals surface area contributed by atoms with Gasteiger partial charge in [0.05, 0.1) is 18.3 Å². The number of amides is 1. The second kappa shape index (κ2) is 6.87. The summed E-state index contributed by atoms with van der Waals surface area (Å²) in [5.41, 5.74) is 0.667. The molecular formula is C13H17BrN2O2. The Labute approximate surface area is 115 Å². The van der Waals surface area contributed by atoms with Gasteiger partial charge < -0.3 is 15.4 Å². The van der Waals surface area contributed by atoms with Gasteiger partial charge in [-0.25, -0.2) is 0 Å². The lowest BCUT2D eigenvalue weighted by atomic mass is 10.2. The molecule has 0 bridgehead atoms. The molecule has 98 valence electrons. The van der Waals surface area contributed by atoms with Crippen LogP contribution >= 0.6 is 15.9 Å². The number of nitrogens with one attached hydrogen (secondary N) is 2. The number of ether oxygens (including phenoxy) is 1. The molecule has 1 amide bonds. The maximum absolute atomic E-state index is 11.9. The molecule has 2 rings (SSSR count). The standard InChI is InChI=1S/C13H17BrN2O2/c14-12-4-2-1-3-11(12)13(17)16-6-5-10-9-15-7-8-18-10/h1-4,10,15H,5-9H2,(H,16,17). The van der Waals surface area contributed by atoms with Gasteiger partial charge in [0.15, 0.2) is 0 Å². The van der Waals surface area contributed by atoms with Gasteiger partial charge in [0, 0.05) is 24.1 Å². The van der Waals surface area contributed by atoms with Gasteiger partial charge in [0.25, 0.3) is 5.91 Å². The summed E-state index contributed by atoms with van der Waals surface area (Å²) in [5, 5.41) is 6.18. The van der Waals surface area contributed by atoms with Crippen molar-refractivity contribution in [1.29, 1.82) is 0 Å². The Morgan fingerprint density at radius 1 is 1.50 bits per heavy atom.